The van der Waals surface area contributed by atoms with Gasteiger partial charge in [-0.3, -0.25) is 4.79 Å². The van der Waals surface area contributed by atoms with E-state index in [-0.39, 0.29) is 19.8 Å². The van der Waals surface area contributed by atoms with E-state index in [1.807, 2.05) is 0 Å². The molecule has 0 rings (SSSR count). The average Bonchev–Trinajstić information content (AvgIpc) is 2.85. The second-order valence-electron chi connectivity index (χ2n) is 6.97. The number of carboxylic acid groups (broad SMARTS) is 2. The van der Waals surface area contributed by atoms with Crippen molar-refractivity contribution in [2.24, 2.45) is 0 Å². The maximum Gasteiger partial charge on any atom is 0.329 e. The molecule has 0 aromatic carbocycles. The minimum absolute atomic E-state index is 0.229. The smallest absolute Gasteiger partial charge is 0.329 e. The Morgan fingerprint density at radius 3 is 1.05 bits per heavy atom. The van der Waals surface area contributed by atoms with Crippen LogP contribution in [0.3, 0.4) is 0 Å². The van der Waals surface area contributed by atoms with Crippen LogP contribution in [-0.2, 0) is 57.0 Å². The van der Waals surface area contributed by atoms with E-state index >= 15 is 0 Å². The molecule has 0 radical (unpaired) electrons. The van der Waals surface area contributed by atoms with Crippen LogP contribution in [0.25, 0.3) is 0 Å². The topological polar surface area (TPSA) is 187 Å². The number of hydrogen-bond donors (Lipinski definition) is 3. The molecule has 0 fully saturated rings. The van der Waals surface area contributed by atoms with Gasteiger partial charge in [-0.15, -0.1) is 0 Å². The van der Waals surface area contributed by atoms with E-state index in [0.717, 1.165) is 0 Å². The van der Waals surface area contributed by atoms with E-state index in [2.05, 4.69) is 10.1 Å². The predicted molar refractivity (Wildman–Crippen MR) is 126 cm³/mol. The second-order valence-corrected chi connectivity index (χ2v) is 6.97. The molecule has 0 saturated heterocycles. The summed E-state index contributed by atoms with van der Waals surface area (Å²) in [6.45, 7) is 5.13. The van der Waals surface area contributed by atoms with Crippen molar-refractivity contribution in [2.45, 2.75) is 0 Å². The number of carboxylic acids is 2. The summed E-state index contributed by atoms with van der Waals surface area (Å²) in [4.78, 5) is 31.8. The van der Waals surface area contributed by atoms with Crippen molar-refractivity contribution in [3.63, 3.8) is 0 Å². The Hall–Kier alpha value is -1.95. The van der Waals surface area contributed by atoms with E-state index in [9.17, 15) is 14.4 Å². The van der Waals surface area contributed by atoms with Crippen molar-refractivity contribution >= 4 is 17.8 Å². The molecule has 0 aliphatic carbocycles. The van der Waals surface area contributed by atoms with Gasteiger partial charge in [0.05, 0.1) is 99.1 Å². The molecule has 0 unspecified atom stereocenters. The fraction of sp³-hybridized carbons (Fsp3) is 0.864. The van der Waals surface area contributed by atoms with Crippen LogP contribution in [0.2, 0.25) is 0 Å². The van der Waals surface area contributed by atoms with E-state index in [0.29, 0.717) is 99.0 Å². The molecule has 37 heavy (non-hydrogen) atoms. The third-order valence-electron chi connectivity index (χ3n) is 3.86. The monoisotopic (exact) mass is 543 g/mol. The van der Waals surface area contributed by atoms with Crippen molar-refractivity contribution in [1.29, 1.82) is 0 Å². The highest BCUT2D eigenvalue weighted by molar-refractivity contribution is 5.77. The number of rotatable bonds is 30. The van der Waals surface area contributed by atoms with Gasteiger partial charge in [-0.25, -0.2) is 9.59 Å². The van der Waals surface area contributed by atoms with Gasteiger partial charge in [0, 0.05) is 6.54 Å². The highest BCUT2D eigenvalue weighted by Crippen LogP contribution is 1.86. The molecular formula is C22H41NO14. The lowest BCUT2D eigenvalue weighted by molar-refractivity contribution is -0.144. The number of nitrogens with one attached hydrogen (secondary N) is 1. The maximum absolute atomic E-state index is 11.3. The van der Waals surface area contributed by atoms with Gasteiger partial charge in [-0.05, 0) is 0 Å². The first-order valence-corrected chi connectivity index (χ1v) is 11.9. The average molecular weight is 544 g/mol. The lowest BCUT2D eigenvalue weighted by Gasteiger charge is -2.09. The molecule has 1 amide bonds. The van der Waals surface area contributed by atoms with Crippen LogP contribution in [0.1, 0.15) is 0 Å². The maximum atomic E-state index is 11.3. The SMILES string of the molecule is O=C(O)COCCOCCOCCOCCOCCOCCOCCOCCNC(=O)COCC(=O)O. The minimum Gasteiger partial charge on any atom is -0.480 e. The molecule has 0 saturated carbocycles. The van der Waals surface area contributed by atoms with Gasteiger partial charge < -0.3 is 58.2 Å². The summed E-state index contributed by atoms with van der Waals surface area (Å²) in [5.41, 5.74) is 0. The van der Waals surface area contributed by atoms with Gasteiger partial charge in [0.2, 0.25) is 5.91 Å². The lowest BCUT2D eigenvalue weighted by Crippen LogP contribution is -2.31. The molecule has 0 bridgehead atoms. The molecular weight excluding hydrogens is 502 g/mol. The molecule has 0 aliphatic heterocycles. The Morgan fingerprint density at radius 1 is 0.405 bits per heavy atom. The highest BCUT2D eigenvalue weighted by atomic mass is 16.6. The largest absolute Gasteiger partial charge is 0.480 e. The molecule has 0 atom stereocenters. The van der Waals surface area contributed by atoms with Gasteiger partial charge in [0.25, 0.3) is 0 Å². The number of carbonyl (C=O) groups is 3. The zero-order chi connectivity index (χ0) is 27.2. The van der Waals surface area contributed by atoms with Crippen LogP contribution in [0, 0.1) is 0 Å². The second kappa shape index (κ2) is 28.6. The number of amides is 1. The molecule has 218 valence electrons. The first-order chi connectivity index (χ1) is 18.0. The summed E-state index contributed by atoms with van der Waals surface area (Å²) >= 11 is 0. The molecule has 15 heteroatoms. The van der Waals surface area contributed by atoms with E-state index < -0.39 is 24.5 Å². The molecule has 0 aromatic rings. The summed E-state index contributed by atoms with van der Waals surface area (Å²) in [5.74, 6) is -2.54. The summed E-state index contributed by atoms with van der Waals surface area (Å²) in [6.07, 6.45) is 0. The summed E-state index contributed by atoms with van der Waals surface area (Å²) in [7, 11) is 0. The number of aliphatic carboxylic acids is 2. The number of ether oxygens (including phenoxy) is 9. The van der Waals surface area contributed by atoms with Gasteiger partial charge >= 0.3 is 11.9 Å². The summed E-state index contributed by atoms with van der Waals surface area (Å²) in [5, 5.41) is 19.3. The number of carbonyl (C=O) groups excluding carboxylic acids is 1. The predicted octanol–water partition coefficient (Wildman–Crippen LogP) is -1.58. The Labute approximate surface area is 216 Å². The van der Waals surface area contributed by atoms with Gasteiger partial charge in [-0.2, -0.15) is 0 Å². The van der Waals surface area contributed by atoms with Crippen LogP contribution < -0.4 is 5.32 Å². The molecule has 3 N–H and O–H groups in total. The standard InChI is InChI=1S/C22H41NO14/c24-20(17-37-19-22(27)28)23-1-2-29-3-4-30-5-6-31-7-8-32-9-10-33-11-12-34-13-14-35-15-16-36-18-21(25)26/h1-19H2,(H,23,24)(H,25,26)(H,27,28). The third-order valence-corrected chi connectivity index (χ3v) is 3.86. The minimum atomic E-state index is -1.13. The van der Waals surface area contributed by atoms with Crippen LogP contribution in [-0.4, -0.2) is 154 Å². The van der Waals surface area contributed by atoms with Crippen LogP contribution >= 0.6 is 0 Å². The third kappa shape index (κ3) is 32.0. The Kier molecular flexibility index (Phi) is 27.1. The Morgan fingerprint density at radius 2 is 0.703 bits per heavy atom. The summed E-state index contributed by atoms with van der Waals surface area (Å²) in [6, 6.07) is 0. The van der Waals surface area contributed by atoms with Crippen LogP contribution in [0.5, 0.6) is 0 Å². The fourth-order valence-corrected chi connectivity index (χ4v) is 2.24. The van der Waals surface area contributed by atoms with Gasteiger partial charge in [-0.1, -0.05) is 0 Å². The van der Waals surface area contributed by atoms with E-state index in [1.165, 1.54) is 0 Å². The first-order valence-electron chi connectivity index (χ1n) is 11.9. The normalized spacial score (nSPS) is 11.0. The first kappa shape index (κ1) is 35.0. The molecule has 15 nitrogen and oxygen atoms in total. The van der Waals surface area contributed by atoms with E-state index in [1.54, 1.807) is 0 Å². The highest BCUT2D eigenvalue weighted by Gasteiger charge is 2.03. The van der Waals surface area contributed by atoms with Gasteiger partial charge in [0.1, 0.15) is 19.8 Å². The molecule has 0 aliphatic rings. The van der Waals surface area contributed by atoms with Crippen molar-refractivity contribution in [2.75, 3.05) is 125 Å². The Balaban J connectivity index is 3.10. The summed E-state index contributed by atoms with van der Waals surface area (Å²) < 4.78 is 46.8. The van der Waals surface area contributed by atoms with Crippen molar-refractivity contribution in [3.8, 4) is 0 Å². The van der Waals surface area contributed by atoms with Crippen molar-refractivity contribution in [3.05, 3.63) is 0 Å². The quantitative estimate of drug-likeness (QED) is 0.0881. The van der Waals surface area contributed by atoms with E-state index in [4.69, 9.17) is 48.1 Å². The fourth-order valence-electron chi connectivity index (χ4n) is 2.24. The molecule has 0 spiro atoms. The zero-order valence-corrected chi connectivity index (χ0v) is 21.2. The molecule has 0 aromatic heterocycles. The van der Waals surface area contributed by atoms with Gasteiger partial charge in [0.15, 0.2) is 0 Å². The lowest BCUT2D eigenvalue weighted by atomic mass is 10.6. The van der Waals surface area contributed by atoms with Crippen molar-refractivity contribution in [1.82, 2.24) is 5.32 Å². The molecule has 0 heterocycles. The zero-order valence-electron chi connectivity index (χ0n) is 21.2. The van der Waals surface area contributed by atoms with Crippen molar-refractivity contribution < 1.29 is 67.2 Å². The van der Waals surface area contributed by atoms with Crippen LogP contribution in [0.15, 0.2) is 0 Å². The number of hydrogen-bond acceptors (Lipinski definition) is 12. The Bertz CT molecular complexity index is 551. The van der Waals surface area contributed by atoms with Crippen LogP contribution in [0.4, 0.5) is 0 Å².